The molecule has 214 valence electrons. The fourth-order valence-corrected chi connectivity index (χ4v) is 4.90. The van der Waals surface area contributed by atoms with Crippen molar-refractivity contribution in [3.8, 4) is 5.75 Å². The Hall–Kier alpha value is -4.67. The van der Waals surface area contributed by atoms with Crippen LogP contribution in [0.4, 0.5) is 22.0 Å². The molecule has 3 amide bonds. The van der Waals surface area contributed by atoms with Crippen LogP contribution < -0.4 is 19.9 Å². The van der Waals surface area contributed by atoms with Gasteiger partial charge in [0.25, 0.3) is 11.8 Å². The summed E-state index contributed by atoms with van der Waals surface area (Å²) in [5.74, 6) is 0.412. The van der Waals surface area contributed by atoms with E-state index >= 15 is 0 Å². The van der Waals surface area contributed by atoms with Crippen molar-refractivity contribution < 1.29 is 23.9 Å². The molecule has 0 bridgehead atoms. The molecule has 4 heterocycles. The first-order chi connectivity index (χ1) is 19.6. The molecule has 1 saturated heterocycles. The summed E-state index contributed by atoms with van der Waals surface area (Å²) in [7, 11) is 1.56. The van der Waals surface area contributed by atoms with Gasteiger partial charge in [0.2, 0.25) is 0 Å². The zero-order valence-electron chi connectivity index (χ0n) is 23.7. The van der Waals surface area contributed by atoms with Crippen molar-refractivity contribution >= 4 is 35.1 Å². The number of aromatic nitrogens is 2. The zero-order valence-corrected chi connectivity index (χ0v) is 23.7. The number of hydrogen-bond donors (Lipinski definition) is 1. The smallest absolute Gasteiger partial charge is 0.410 e. The van der Waals surface area contributed by atoms with Crippen molar-refractivity contribution in [2.24, 2.45) is 0 Å². The van der Waals surface area contributed by atoms with Crippen molar-refractivity contribution in [1.82, 2.24) is 14.9 Å². The van der Waals surface area contributed by atoms with Gasteiger partial charge in [-0.25, -0.2) is 9.78 Å². The molecular formula is C30H34N6O5. The summed E-state index contributed by atoms with van der Waals surface area (Å²) in [4.78, 5) is 53.2. The van der Waals surface area contributed by atoms with E-state index in [0.29, 0.717) is 62.0 Å². The van der Waals surface area contributed by atoms with Gasteiger partial charge in [-0.05, 0) is 63.1 Å². The van der Waals surface area contributed by atoms with Crippen LogP contribution in [0.3, 0.4) is 0 Å². The molecule has 2 aliphatic heterocycles. The molecule has 11 nitrogen and oxygen atoms in total. The maximum atomic E-state index is 13.3. The highest BCUT2D eigenvalue weighted by molar-refractivity contribution is 6.09. The highest BCUT2D eigenvalue weighted by Crippen LogP contribution is 2.28. The normalized spacial score (nSPS) is 15.3. The Morgan fingerprint density at radius 2 is 1.78 bits per heavy atom. The topological polar surface area (TPSA) is 117 Å². The molecule has 2 aliphatic rings. The Bertz CT molecular complexity index is 1460. The average molecular weight is 559 g/mol. The predicted octanol–water partition coefficient (Wildman–Crippen LogP) is 4.00. The van der Waals surface area contributed by atoms with Gasteiger partial charge in [0.15, 0.2) is 0 Å². The van der Waals surface area contributed by atoms with E-state index in [-0.39, 0.29) is 17.7 Å². The fraction of sp³-hybridized carbons (Fsp3) is 0.367. The molecule has 1 fully saturated rings. The van der Waals surface area contributed by atoms with E-state index in [1.807, 2.05) is 39.0 Å². The van der Waals surface area contributed by atoms with Gasteiger partial charge in [-0.15, -0.1) is 0 Å². The third kappa shape index (κ3) is 6.24. The summed E-state index contributed by atoms with van der Waals surface area (Å²) >= 11 is 0. The number of nitrogens with one attached hydrogen (secondary N) is 1. The number of piperazine rings is 1. The van der Waals surface area contributed by atoms with E-state index in [0.717, 1.165) is 11.3 Å². The second-order valence-electron chi connectivity index (χ2n) is 10.9. The Morgan fingerprint density at radius 1 is 1.00 bits per heavy atom. The van der Waals surface area contributed by atoms with Crippen LogP contribution in [0.5, 0.6) is 5.75 Å². The summed E-state index contributed by atoms with van der Waals surface area (Å²) in [6.07, 6.45) is 3.60. The van der Waals surface area contributed by atoms with Gasteiger partial charge in [0.05, 0.1) is 24.7 Å². The molecule has 5 rings (SSSR count). The van der Waals surface area contributed by atoms with Crippen LogP contribution in [-0.2, 0) is 11.2 Å². The summed E-state index contributed by atoms with van der Waals surface area (Å²) in [5.41, 5.74) is 2.48. The van der Waals surface area contributed by atoms with Crippen molar-refractivity contribution in [1.29, 1.82) is 0 Å². The molecule has 11 heteroatoms. The Labute approximate surface area is 239 Å². The van der Waals surface area contributed by atoms with Crippen LogP contribution in [0.25, 0.3) is 0 Å². The number of hydrogen-bond acceptors (Lipinski definition) is 8. The SMILES string of the molecule is COc1ccc2c(c1)C(=O)N(c1cccc(C(=O)Nc3cnccc3N3CCN(C(=O)OC(C)(C)C)CC3)n1)CC2. The van der Waals surface area contributed by atoms with Gasteiger partial charge in [-0.2, -0.15) is 0 Å². The average Bonchev–Trinajstić information content (AvgIpc) is 2.97. The zero-order chi connectivity index (χ0) is 29.1. The number of nitrogens with zero attached hydrogens (tertiary/aromatic N) is 5. The van der Waals surface area contributed by atoms with E-state index in [2.05, 4.69) is 20.2 Å². The highest BCUT2D eigenvalue weighted by atomic mass is 16.6. The molecule has 0 radical (unpaired) electrons. The lowest BCUT2D eigenvalue weighted by Gasteiger charge is -2.37. The Morgan fingerprint density at radius 3 is 2.51 bits per heavy atom. The maximum Gasteiger partial charge on any atom is 0.410 e. The van der Waals surface area contributed by atoms with Crippen LogP contribution in [0.15, 0.2) is 54.9 Å². The molecule has 0 unspecified atom stereocenters. The van der Waals surface area contributed by atoms with Crippen molar-refractivity contribution in [2.45, 2.75) is 32.8 Å². The quantitative estimate of drug-likeness (QED) is 0.500. The first kappa shape index (κ1) is 27.9. The van der Waals surface area contributed by atoms with E-state index in [1.54, 1.807) is 53.6 Å². The number of rotatable bonds is 5. The molecule has 0 saturated carbocycles. The number of pyridine rings is 2. The predicted molar refractivity (Wildman–Crippen MR) is 155 cm³/mol. The van der Waals surface area contributed by atoms with Crippen LogP contribution >= 0.6 is 0 Å². The van der Waals surface area contributed by atoms with Gasteiger partial charge in [-0.3, -0.25) is 19.5 Å². The van der Waals surface area contributed by atoms with Crippen molar-refractivity contribution in [3.05, 3.63) is 71.7 Å². The van der Waals surface area contributed by atoms with Crippen LogP contribution in [-0.4, -0.2) is 78.2 Å². The minimum Gasteiger partial charge on any atom is -0.497 e. The third-order valence-electron chi connectivity index (χ3n) is 6.96. The number of carbonyl (C=O) groups is 3. The maximum absolute atomic E-state index is 13.3. The monoisotopic (exact) mass is 558 g/mol. The van der Waals surface area contributed by atoms with Crippen LogP contribution in [0.2, 0.25) is 0 Å². The number of carbonyl (C=O) groups excluding carboxylic acids is 3. The minimum atomic E-state index is -0.554. The first-order valence-electron chi connectivity index (χ1n) is 13.6. The second kappa shape index (κ2) is 11.4. The number of amides is 3. The molecule has 3 aromatic rings. The first-order valence-corrected chi connectivity index (χ1v) is 13.6. The van der Waals surface area contributed by atoms with Crippen molar-refractivity contribution in [2.75, 3.05) is 55.0 Å². The van der Waals surface area contributed by atoms with Gasteiger partial charge >= 0.3 is 6.09 Å². The molecule has 41 heavy (non-hydrogen) atoms. The van der Waals surface area contributed by atoms with Gasteiger partial charge < -0.3 is 24.6 Å². The van der Waals surface area contributed by atoms with E-state index in [4.69, 9.17) is 9.47 Å². The lowest BCUT2D eigenvalue weighted by Crippen LogP contribution is -2.50. The third-order valence-corrected chi connectivity index (χ3v) is 6.96. The minimum absolute atomic E-state index is 0.177. The summed E-state index contributed by atoms with van der Waals surface area (Å²) in [6.45, 7) is 8.13. The molecule has 2 aromatic heterocycles. The number of benzene rings is 1. The standard InChI is InChI=1S/C30H34N6O5/c1-30(2,3)41-29(39)35-16-14-34(15-17-35)25-10-12-31-19-24(25)33-27(37)23-6-5-7-26(32-23)36-13-11-20-8-9-21(40-4)18-22(20)28(36)38/h5-10,12,18-19H,11,13-17H2,1-4H3,(H,33,37). The number of anilines is 3. The Kier molecular flexibility index (Phi) is 7.78. The number of fused-ring (bicyclic) bond motifs is 1. The molecule has 0 atom stereocenters. The van der Waals surface area contributed by atoms with Crippen LogP contribution in [0, 0.1) is 0 Å². The number of methoxy groups -OCH3 is 1. The lowest BCUT2D eigenvalue weighted by molar-refractivity contribution is 0.0240. The largest absolute Gasteiger partial charge is 0.497 e. The fourth-order valence-electron chi connectivity index (χ4n) is 4.90. The molecule has 1 aromatic carbocycles. The molecule has 0 aliphatic carbocycles. The molecule has 1 N–H and O–H groups in total. The van der Waals surface area contributed by atoms with E-state index < -0.39 is 11.5 Å². The van der Waals surface area contributed by atoms with Crippen LogP contribution in [0.1, 0.15) is 47.2 Å². The summed E-state index contributed by atoms with van der Waals surface area (Å²) in [6, 6.07) is 12.4. The summed E-state index contributed by atoms with van der Waals surface area (Å²) in [5, 5.41) is 2.93. The van der Waals surface area contributed by atoms with Gasteiger partial charge in [0, 0.05) is 44.5 Å². The summed E-state index contributed by atoms with van der Waals surface area (Å²) < 4.78 is 10.8. The second-order valence-corrected chi connectivity index (χ2v) is 10.9. The molecular weight excluding hydrogens is 524 g/mol. The Balaban J connectivity index is 1.28. The highest BCUT2D eigenvalue weighted by Gasteiger charge is 2.29. The van der Waals surface area contributed by atoms with Crippen molar-refractivity contribution in [3.63, 3.8) is 0 Å². The van der Waals surface area contributed by atoms with Gasteiger partial charge in [-0.1, -0.05) is 12.1 Å². The van der Waals surface area contributed by atoms with Gasteiger partial charge in [0.1, 0.15) is 22.9 Å². The van der Waals surface area contributed by atoms with E-state index in [1.165, 1.54) is 0 Å². The van der Waals surface area contributed by atoms with E-state index in [9.17, 15) is 14.4 Å². The number of ether oxygens (including phenoxy) is 2. The molecule has 0 spiro atoms. The lowest BCUT2D eigenvalue weighted by atomic mass is 9.98.